The van der Waals surface area contributed by atoms with E-state index in [9.17, 15) is 9.18 Å². The van der Waals surface area contributed by atoms with E-state index in [-0.39, 0.29) is 11.2 Å². The third-order valence-corrected chi connectivity index (χ3v) is 4.31. The molecule has 2 aromatic carbocycles. The molecule has 0 spiro atoms. The lowest BCUT2D eigenvalue weighted by Gasteiger charge is -2.10. The van der Waals surface area contributed by atoms with E-state index >= 15 is 0 Å². The Morgan fingerprint density at radius 3 is 2.46 bits per heavy atom. The van der Waals surface area contributed by atoms with Crippen molar-refractivity contribution in [2.45, 2.75) is 0 Å². The van der Waals surface area contributed by atoms with E-state index in [4.69, 9.17) is 11.6 Å². The number of fused-ring (bicyclic) bond motifs is 1. The highest BCUT2D eigenvalue weighted by Crippen LogP contribution is 2.24. The van der Waals surface area contributed by atoms with Gasteiger partial charge in [-0.25, -0.2) is 9.37 Å². The third-order valence-electron chi connectivity index (χ3n) is 4.06. The number of nitrogens with one attached hydrogen (secondary N) is 2. The zero-order valence-electron chi connectivity index (χ0n) is 13.5. The van der Waals surface area contributed by atoms with Crippen LogP contribution in [0, 0.1) is 5.82 Å². The Balaban J connectivity index is 1.86. The largest absolute Gasteiger partial charge is 0.360 e. The zero-order chi connectivity index (χ0) is 18.1. The molecule has 0 aliphatic heterocycles. The van der Waals surface area contributed by atoms with Gasteiger partial charge in [-0.1, -0.05) is 23.7 Å². The number of aromatic amines is 1. The SMILES string of the molecule is O=c1c(-c2ccc(F)cc2)c[nH]c2ccnc(Nc3ccc(Cl)cc3)c12. The third kappa shape index (κ3) is 3.05. The number of pyridine rings is 2. The van der Waals surface area contributed by atoms with E-state index in [1.165, 1.54) is 12.1 Å². The second-order valence-electron chi connectivity index (χ2n) is 5.75. The maximum atomic E-state index is 13.2. The first-order valence-corrected chi connectivity index (χ1v) is 8.28. The molecule has 0 atom stereocenters. The van der Waals surface area contributed by atoms with Crippen molar-refractivity contribution in [2.75, 3.05) is 5.32 Å². The van der Waals surface area contributed by atoms with Crippen LogP contribution in [-0.2, 0) is 0 Å². The number of benzene rings is 2. The fourth-order valence-corrected chi connectivity index (χ4v) is 2.90. The molecule has 0 radical (unpaired) electrons. The molecule has 0 saturated heterocycles. The number of H-pyrrole nitrogens is 1. The maximum Gasteiger partial charge on any atom is 0.200 e. The maximum absolute atomic E-state index is 13.2. The van der Waals surface area contributed by atoms with E-state index in [0.29, 0.717) is 32.9 Å². The molecule has 0 aliphatic carbocycles. The van der Waals surface area contributed by atoms with Gasteiger partial charge in [0.15, 0.2) is 0 Å². The summed E-state index contributed by atoms with van der Waals surface area (Å²) in [5.41, 5.74) is 2.32. The van der Waals surface area contributed by atoms with E-state index in [2.05, 4.69) is 15.3 Å². The second-order valence-corrected chi connectivity index (χ2v) is 6.19. The van der Waals surface area contributed by atoms with Gasteiger partial charge in [0.25, 0.3) is 0 Å². The monoisotopic (exact) mass is 365 g/mol. The topological polar surface area (TPSA) is 57.8 Å². The molecule has 0 unspecified atom stereocenters. The zero-order valence-corrected chi connectivity index (χ0v) is 14.2. The smallest absolute Gasteiger partial charge is 0.200 e. The van der Waals surface area contributed by atoms with Crippen LogP contribution in [0.4, 0.5) is 15.9 Å². The van der Waals surface area contributed by atoms with E-state index < -0.39 is 0 Å². The first-order chi connectivity index (χ1) is 12.6. The quantitative estimate of drug-likeness (QED) is 0.529. The van der Waals surface area contributed by atoms with Crippen LogP contribution in [0.3, 0.4) is 0 Å². The van der Waals surface area contributed by atoms with Gasteiger partial charge in [-0.15, -0.1) is 0 Å². The second kappa shape index (κ2) is 6.61. The van der Waals surface area contributed by atoms with Gasteiger partial charge in [0, 0.05) is 28.7 Å². The Morgan fingerprint density at radius 1 is 1.00 bits per heavy atom. The summed E-state index contributed by atoms with van der Waals surface area (Å²) in [7, 11) is 0. The minimum absolute atomic E-state index is 0.185. The van der Waals surface area contributed by atoms with Gasteiger partial charge in [0.1, 0.15) is 11.6 Å². The van der Waals surface area contributed by atoms with Gasteiger partial charge >= 0.3 is 0 Å². The molecule has 2 aromatic heterocycles. The number of hydrogen-bond donors (Lipinski definition) is 2. The van der Waals surface area contributed by atoms with Crippen LogP contribution < -0.4 is 10.7 Å². The van der Waals surface area contributed by atoms with Gasteiger partial charge in [-0.3, -0.25) is 4.79 Å². The van der Waals surface area contributed by atoms with Crippen LogP contribution in [0.5, 0.6) is 0 Å². The minimum Gasteiger partial charge on any atom is -0.360 e. The molecule has 26 heavy (non-hydrogen) atoms. The predicted octanol–water partition coefficient (Wildman–Crippen LogP) is 5.13. The lowest BCUT2D eigenvalue weighted by molar-refractivity contribution is 0.628. The molecule has 0 bridgehead atoms. The van der Waals surface area contributed by atoms with E-state index in [1.54, 1.807) is 54.9 Å². The minimum atomic E-state index is -0.349. The molecule has 4 nitrogen and oxygen atoms in total. The number of rotatable bonds is 3. The molecule has 4 rings (SSSR count). The summed E-state index contributed by atoms with van der Waals surface area (Å²) in [5, 5.41) is 4.21. The van der Waals surface area contributed by atoms with Crippen molar-refractivity contribution in [1.29, 1.82) is 0 Å². The van der Waals surface area contributed by atoms with Gasteiger partial charge in [-0.05, 0) is 48.0 Å². The molecular weight excluding hydrogens is 353 g/mol. The molecule has 0 aliphatic rings. The van der Waals surface area contributed by atoms with E-state index in [1.807, 2.05) is 0 Å². The van der Waals surface area contributed by atoms with Crippen LogP contribution >= 0.6 is 11.6 Å². The Kier molecular flexibility index (Phi) is 4.14. The van der Waals surface area contributed by atoms with Crippen LogP contribution in [0.2, 0.25) is 5.02 Å². The lowest BCUT2D eigenvalue weighted by atomic mass is 10.0. The number of anilines is 2. The van der Waals surface area contributed by atoms with Gasteiger partial charge in [0.05, 0.1) is 10.9 Å². The molecule has 2 heterocycles. The number of hydrogen-bond acceptors (Lipinski definition) is 3. The predicted molar refractivity (Wildman–Crippen MR) is 102 cm³/mol. The Hall–Kier alpha value is -3.18. The number of aromatic nitrogens is 2. The Labute approximate surface area is 153 Å². The Bertz CT molecular complexity index is 1140. The molecular formula is C20H13ClFN3O. The summed E-state index contributed by atoms with van der Waals surface area (Å²) >= 11 is 5.91. The normalized spacial score (nSPS) is 10.8. The van der Waals surface area contributed by atoms with Crippen LogP contribution in [0.1, 0.15) is 0 Å². The van der Waals surface area contributed by atoms with Crippen molar-refractivity contribution in [1.82, 2.24) is 9.97 Å². The molecule has 128 valence electrons. The summed E-state index contributed by atoms with van der Waals surface area (Å²) in [6.07, 6.45) is 3.25. The number of halogens is 2. The van der Waals surface area contributed by atoms with Gasteiger partial charge in [-0.2, -0.15) is 0 Å². The first kappa shape index (κ1) is 16.3. The van der Waals surface area contributed by atoms with Gasteiger partial charge in [0.2, 0.25) is 5.43 Å². The molecule has 6 heteroatoms. The average molecular weight is 366 g/mol. The van der Waals surface area contributed by atoms with Crippen molar-refractivity contribution in [3.05, 3.63) is 88.1 Å². The Morgan fingerprint density at radius 2 is 1.73 bits per heavy atom. The summed E-state index contributed by atoms with van der Waals surface area (Å²) in [6.45, 7) is 0. The highest BCUT2D eigenvalue weighted by molar-refractivity contribution is 6.30. The first-order valence-electron chi connectivity index (χ1n) is 7.91. The van der Waals surface area contributed by atoms with Crippen LogP contribution in [0.15, 0.2) is 71.8 Å². The van der Waals surface area contributed by atoms with Crippen LogP contribution in [-0.4, -0.2) is 9.97 Å². The summed E-state index contributed by atoms with van der Waals surface area (Å²) < 4.78 is 13.2. The van der Waals surface area contributed by atoms with Crippen molar-refractivity contribution in [3.8, 4) is 11.1 Å². The molecule has 0 saturated carbocycles. The summed E-state index contributed by atoms with van der Waals surface area (Å²) in [6, 6.07) is 14.7. The molecule has 0 fully saturated rings. The number of nitrogens with zero attached hydrogens (tertiary/aromatic N) is 1. The summed E-state index contributed by atoms with van der Waals surface area (Å²) in [4.78, 5) is 20.5. The van der Waals surface area contributed by atoms with Crippen molar-refractivity contribution in [3.63, 3.8) is 0 Å². The van der Waals surface area contributed by atoms with Crippen molar-refractivity contribution in [2.24, 2.45) is 0 Å². The van der Waals surface area contributed by atoms with Crippen molar-refractivity contribution < 1.29 is 4.39 Å². The fourth-order valence-electron chi connectivity index (χ4n) is 2.77. The van der Waals surface area contributed by atoms with E-state index in [0.717, 1.165) is 5.69 Å². The molecule has 0 amide bonds. The standard InChI is InChI=1S/C20H13ClFN3O/c21-13-3-7-15(8-4-13)25-20-18-17(9-10-23-20)24-11-16(19(18)26)12-1-5-14(22)6-2-12/h1-11H,(H,23,25)(H,24,26). The lowest BCUT2D eigenvalue weighted by Crippen LogP contribution is -2.09. The van der Waals surface area contributed by atoms with Gasteiger partial charge < -0.3 is 10.3 Å². The van der Waals surface area contributed by atoms with Crippen LogP contribution in [0.25, 0.3) is 22.0 Å². The molecule has 2 N–H and O–H groups in total. The highest BCUT2D eigenvalue weighted by Gasteiger charge is 2.12. The van der Waals surface area contributed by atoms with Crippen molar-refractivity contribution >= 4 is 34.0 Å². The fraction of sp³-hybridized carbons (Fsp3) is 0. The highest BCUT2D eigenvalue weighted by atomic mass is 35.5. The molecule has 4 aromatic rings. The average Bonchev–Trinajstić information content (AvgIpc) is 2.65. The summed E-state index contributed by atoms with van der Waals surface area (Å²) in [5.74, 6) is 0.0905.